The van der Waals surface area contributed by atoms with Crippen LogP contribution in [0.1, 0.15) is 26.7 Å². The third-order valence-electron chi connectivity index (χ3n) is 3.57. The zero-order valence-electron chi connectivity index (χ0n) is 10.2. The summed E-state index contributed by atoms with van der Waals surface area (Å²) in [7, 11) is 0. The van der Waals surface area contributed by atoms with Crippen molar-refractivity contribution in [2.24, 2.45) is 11.8 Å². The molecule has 1 N–H and O–H groups in total. The summed E-state index contributed by atoms with van der Waals surface area (Å²) in [6, 6.07) is 0.0537. The van der Waals surface area contributed by atoms with Gasteiger partial charge in [0, 0.05) is 6.54 Å². The van der Waals surface area contributed by atoms with Crippen molar-refractivity contribution in [1.82, 2.24) is 10.2 Å². The molecular formula is C12H22N2OS. The van der Waals surface area contributed by atoms with Gasteiger partial charge in [-0.2, -0.15) is 11.8 Å². The predicted octanol–water partition coefficient (Wildman–Crippen LogP) is 1.54. The summed E-state index contributed by atoms with van der Waals surface area (Å²) in [5.74, 6) is 3.99. The molecule has 3 nitrogen and oxygen atoms in total. The molecule has 1 unspecified atom stereocenters. The van der Waals surface area contributed by atoms with E-state index in [-0.39, 0.29) is 6.04 Å². The maximum absolute atomic E-state index is 12.1. The highest BCUT2D eigenvalue weighted by molar-refractivity contribution is 7.99. The molecule has 1 atom stereocenters. The lowest BCUT2D eigenvalue weighted by Gasteiger charge is -2.26. The van der Waals surface area contributed by atoms with Gasteiger partial charge in [0.15, 0.2) is 0 Å². The van der Waals surface area contributed by atoms with Crippen LogP contribution in [0.15, 0.2) is 0 Å². The zero-order chi connectivity index (χ0) is 11.5. The average molecular weight is 242 g/mol. The van der Waals surface area contributed by atoms with Crippen LogP contribution in [0.2, 0.25) is 0 Å². The molecule has 0 radical (unpaired) electrons. The second kappa shape index (κ2) is 5.41. The number of rotatable bonds is 3. The lowest BCUT2D eigenvalue weighted by molar-refractivity contribution is -0.130. The van der Waals surface area contributed by atoms with Crippen LogP contribution in [0.25, 0.3) is 0 Å². The van der Waals surface area contributed by atoms with Crippen molar-refractivity contribution in [3.63, 3.8) is 0 Å². The Kier molecular flexibility index (Phi) is 4.14. The molecule has 2 saturated heterocycles. The highest BCUT2D eigenvalue weighted by Crippen LogP contribution is 2.24. The van der Waals surface area contributed by atoms with E-state index in [1.54, 1.807) is 0 Å². The van der Waals surface area contributed by atoms with Gasteiger partial charge in [-0.05, 0) is 36.2 Å². The zero-order valence-corrected chi connectivity index (χ0v) is 11.1. The molecule has 0 bridgehead atoms. The fraction of sp³-hybridized carbons (Fsp3) is 0.917. The molecular weight excluding hydrogens is 220 g/mol. The Morgan fingerprint density at radius 2 is 2.12 bits per heavy atom. The van der Waals surface area contributed by atoms with Gasteiger partial charge in [-0.1, -0.05) is 13.8 Å². The lowest BCUT2D eigenvalue weighted by Crippen LogP contribution is -2.37. The maximum atomic E-state index is 12.1. The Balaban J connectivity index is 1.84. The van der Waals surface area contributed by atoms with Gasteiger partial charge in [0.05, 0.1) is 12.7 Å². The first-order valence-corrected chi connectivity index (χ1v) is 7.44. The molecule has 1 amide bonds. The normalized spacial score (nSPS) is 28.1. The van der Waals surface area contributed by atoms with Crippen molar-refractivity contribution >= 4 is 17.7 Å². The number of amides is 1. The smallest absolute Gasteiger partial charge is 0.241 e. The summed E-state index contributed by atoms with van der Waals surface area (Å²) in [4.78, 5) is 14.1. The maximum Gasteiger partial charge on any atom is 0.241 e. The number of hydrogen-bond donors (Lipinski definition) is 1. The number of nitrogens with zero attached hydrogens (tertiary/aromatic N) is 1. The van der Waals surface area contributed by atoms with Crippen molar-refractivity contribution in [2.45, 2.75) is 32.7 Å². The van der Waals surface area contributed by atoms with E-state index >= 15 is 0 Å². The van der Waals surface area contributed by atoms with E-state index in [9.17, 15) is 4.79 Å². The highest BCUT2D eigenvalue weighted by Gasteiger charge is 2.34. The Morgan fingerprint density at radius 3 is 2.69 bits per heavy atom. The van der Waals surface area contributed by atoms with E-state index < -0.39 is 0 Å². The van der Waals surface area contributed by atoms with E-state index in [4.69, 9.17) is 0 Å². The molecule has 0 saturated carbocycles. The molecule has 2 fully saturated rings. The summed E-state index contributed by atoms with van der Waals surface area (Å²) in [6.07, 6.45) is 2.56. The van der Waals surface area contributed by atoms with Crippen LogP contribution in [-0.4, -0.2) is 41.6 Å². The Morgan fingerprint density at radius 1 is 1.44 bits per heavy atom. The molecule has 0 spiro atoms. The monoisotopic (exact) mass is 242 g/mol. The summed E-state index contributed by atoms with van der Waals surface area (Å²) in [5, 5.41) is 3.32. The molecule has 16 heavy (non-hydrogen) atoms. The van der Waals surface area contributed by atoms with E-state index in [0.29, 0.717) is 11.8 Å². The van der Waals surface area contributed by atoms with Crippen molar-refractivity contribution in [2.75, 3.05) is 24.7 Å². The average Bonchev–Trinajstić information content (AvgIpc) is 2.62. The van der Waals surface area contributed by atoms with Crippen molar-refractivity contribution in [3.05, 3.63) is 0 Å². The van der Waals surface area contributed by atoms with Gasteiger partial charge in [0.2, 0.25) is 5.91 Å². The van der Waals surface area contributed by atoms with Crippen LogP contribution in [0.4, 0.5) is 0 Å². The van der Waals surface area contributed by atoms with Gasteiger partial charge in [0.1, 0.15) is 0 Å². The molecule has 0 aliphatic carbocycles. The van der Waals surface area contributed by atoms with E-state index in [0.717, 1.165) is 19.1 Å². The minimum absolute atomic E-state index is 0.0537. The number of carbonyl (C=O) groups excluding carboxylic acids is 1. The first kappa shape index (κ1) is 12.2. The third kappa shape index (κ3) is 2.72. The standard InChI is InChI=1S/C12H22N2OS/c1-9(2)11-12(15)14(8-13-11)7-10-3-5-16-6-4-10/h9-11,13H,3-8H2,1-2H3. The molecule has 2 aliphatic rings. The minimum Gasteiger partial charge on any atom is -0.328 e. The molecule has 2 rings (SSSR count). The SMILES string of the molecule is CC(C)C1NCN(CC2CCSCC2)C1=O. The van der Waals surface area contributed by atoms with Crippen LogP contribution in [0, 0.1) is 11.8 Å². The minimum atomic E-state index is 0.0537. The number of hydrogen-bond acceptors (Lipinski definition) is 3. The van der Waals surface area contributed by atoms with Crippen LogP contribution in [-0.2, 0) is 4.79 Å². The Hall–Kier alpha value is -0.220. The van der Waals surface area contributed by atoms with Gasteiger partial charge in [0.25, 0.3) is 0 Å². The molecule has 2 heterocycles. The molecule has 0 aromatic heterocycles. The number of carbonyl (C=O) groups is 1. The second-order valence-corrected chi connectivity index (χ2v) is 6.43. The van der Waals surface area contributed by atoms with Crippen molar-refractivity contribution in [1.29, 1.82) is 0 Å². The number of thioether (sulfide) groups is 1. The van der Waals surface area contributed by atoms with Crippen LogP contribution in [0.3, 0.4) is 0 Å². The first-order chi connectivity index (χ1) is 7.68. The van der Waals surface area contributed by atoms with Gasteiger partial charge >= 0.3 is 0 Å². The summed E-state index contributed by atoms with van der Waals surface area (Å²) in [6.45, 7) is 5.94. The Labute approximate surface area is 102 Å². The van der Waals surface area contributed by atoms with E-state index in [1.807, 2.05) is 16.7 Å². The number of nitrogens with one attached hydrogen (secondary N) is 1. The van der Waals surface area contributed by atoms with Crippen molar-refractivity contribution < 1.29 is 4.79 Å². The first-order valence-electron chi connectivity index (χ1n) is 6.28. The van der Waals surface area contributed by atoms with E-state index in [1.165, 1.54) is 24.3 Å². The third-order valence-corrected chi connectivity index (χ3v) is 4.61. The van der Waals surface area contributed by atoms with Crippen molar-refractivity contribution in [3.8, 4) is 0 Å². The van der Waals surface area contributed by atoms with E-state index in [2.05, 4.69) is 19.2 Å². The van der Waals surface area contributed by atoms with Crippen LogP contribution >= 0.6 is 11.8 Å². The van der Waals surface area contributed by atoms with Gasteiger partial charge in [-0.25, -0.2) is 0 Å². The largest absolute Gasteiger partial charge is 0.328 e. The summed E-state index contributed by atoms with van der Waals surface area (Å²) in [5.41, 5.74) is 0. The molecule has 0 aromatic rings. The fourth-order valence-electron chi connectivity index (χ4n) is 2.49. The lowest BCUT2D eigenvalue weighted by atomic mass is 10.0. The molecule has 92 valence electrons. The van der Waals surface area contributed by atoms with Crippen LogP contribution in [0.5, 0.6) is 0 Å². The molecule has 4 heteroatoms. The summed E-state index contributed by atoms with van der Waals surface area (Å²) >= 11 is 2.04. The Bertz CT molecular complexity index is 251. The topological polar surface area (TPSA) is 32.3 Å². The fourth-order valence-corrected chi connectivity index (χ4v) is 3.69. The van der Waals surface area contributed by atoms with Gasteiger partial charge < -0.3 is 4.90 Å². The molecule has 2 aliphatic heterocycles. The quantitative estimate of drug-likeness (QED) is 0.815. The second-order valence-electron chi connectivity index (χ2n) is 5.20. The summed E-state index contributed by atoms with van der Waals surface area (Å²) < 4.78 is 0. The molecule has 0 aromatic carbocycles. The van der Waals surface area contributed by atoms with Gasteiger partial charge in [-0.3, -0.25) is 10.1 Å². The highest BCUT2D eigenvalue weighted by atomic mass is 32.2. The van der Waals surface area contributed by atoms with Gasteiger partial charge in [-0.15, -0.1) is 0 Å². The van der Waals surface area contributed by atoms with Crippen LogP contribution < -0.4 is 5.32 Å². The predicted molar refractivity (Wildman–Crippen MR) is 68.4 cm³/mol.